The molecular formula is C13H15NS. The van der Waals surface area contributed by atoms with Gasteiger partial charge in [0.05, 0.1) is 0 Å². The van der Waals surface area contributed by atoms with Gasteiger partial charge in [0.1, 0.15) is 0 Å². The molecule has 15 heavy (non-hydrogen) atoms. The van der Waals surface area contributed by atoms with Gasteiger partial charge in [0.25, 0.3) is 0 Å². The second-order valence-electron chi connectivity index (χ2n) is 3.59. The van der Waals surface area contributed by atoms with Crippen molar-refractivity contribution in [2.24, 2.45) is 0 Å². The van der Waals surface area contributed by atoms with Crippen LogP contribution in [0, 0.1) is 0 Å². The largest absolute Gasteiger partial charge is 0.305 e. The van der Waals surface area contributed by atoms with Crippen molar-refractivity contribution < 1.29 is 0 Å². The molecule has 0 aliphatic heterocycles. The van der Waals surface area contributed by atoms with Crippen LogP contribution in [-0.2, 0) is 6.54 Å². The van der Waals surface area contributed by atoms with E-state index in [0.29, 0.717) is 6.04 Å². The molecule has 2 heteroatoms. The zero-order valence-electron chi connectivity index (χ0n) is 8.81. The molecule has 0 saturated carbocycles. The summed E-state index contributed by atoms with van der Waals surface area (Å²) in [5.74, 6) is 0. The van der Waals surface area contributed by atoms with Gasteiger partial charge in [-0.2, -0.15) is 0 Å². The lowest BCUT2D eigenvalue weighted by Gasteiger charge is -2.13. The highest BCUT2D eigenvalue weighted by atomic mass is 32.1. The monoisotopic (exact) mass is 217 g/mol. The van der Waals surface area contributed by atoms with Crippen molar-refractivity contribution in [1.29, 1.82) is 0 Å². The molecular weight excluding hydrogens is 202 g/mol. The van der Waals surface area contributed by atoms with Gasteiger partial charge < -0.3 is 5.32 Å². The second kappa shape index (κ2) is 5.10. The van der Waals surface area contributed by atoms with Crippen LogP contribution in [0.25, 0.3) is 0 Å². The third-order valence-electron chi connectivity index (χ3n) is 2.46. The fourth-order valence-corrected chi connectivity index (χ4v) is 2.18. The SMILES string of the molecule is C[C@H](NCc1cccs1)c1ccccc1. The van der Waals surface area contributed by atoms with Crippen molar-refractivity contribution in [3.8, 4) is 0 Å². The van der Waals surface area contributed by atoms with E-state index in [9.17, 15) is 0 Å². The molecule has 0 spiro atoms. The van der Waals surface area contributed by atoms with Crippen LogP contribution in [0.3, 0.4) is 0 Å². The summed E-state index contributed by atoms with van der Waals surface area (Å²) < 4.78 is 0. The molecule has 0 saturated heterocycles. The van der Waals surface area contributed by atoms with E-state index in [1.165, 1.54) is 10.4 Å². The normalized spacial score (nSPS) is 12.6. The fraction of sp³-hybridized carbons (Fsp3) is 0.231. The molecule has 1 heterocycles. The Labute approximate surface area is 94.8 Å². The minimum atomic E-state index is 0.410. The molecule has 1 aromatic carbocycles. The standard InChI is InChI=1S/C13H15NS/c1-11(12-6-3-2-4-7-12)14-10-13-8-5-9-15-13/h2-9,11,14H,10H2,1H3/t11-/m0/s1. The lowest BCUT2D eigenvalue weighted by Crippen LogP contribution is -2.17. The van der Waals surface area contributed by atoms with E-state index >= 15 is 0 Å². The van der Waals surface area contributed by atoms with E-state index < -0.39 is 0 Å². The molecule has 1 N–H and O–H groups in total. The Morgan fingerprint density at radius 1 is 1.13 bits per heavy atom. The average molecular weight is 217 g/mol. The lowest BCUT2D eigenvalue weighted by atomic mass is 10.1. The van der Waals surface area contributed by atoms with Crippen LogP contribution in [0.2, 0.25) is 0 Å². The number of thiophene rings is 1. The molecule has 2 rings (SSSR count). The van der Waals surface area contributed by atoms with E-state index in [4.69, 9.17) is 0 Å². The number of nitrogens with one attached hydrogen (secondary N) is 1. The van der Waals surface area contributed by atoms with Gasteiger partial charge in [-0.05, 0) is 23.9 Å². The first kappa shape index (κ1) is 10.4. The molecule has 2 aromatic rings. The summed E-state index contributed by atoms with van der Waals surface area (Å²) in [6, 6.07) is 15.2. The molecule has 78 valence electrons. The lowest BCUT2D eigenvalue weighted by molar-refractivity contribution is 0.579. The Morgan fingerprint density at radius 2 is 1.93 bits per heavy atom. The Hall–Kier alpha value is -1.12. The maximum Gasteiger partial charge on any atom is 0.0305 e. The highest BCUT2D eigenvalue weighted by Gasteiger charge is 2.03. The predicted octanol–water partition coefficient (Wildman–Crippen LogP) is 3.60. The summed E-state index contributed by atoms with van der Waals surface area (Å²) in [5.41, 5.74) is 1.34. The molecule has 0 unspecified atom stereocenters. The van der Waals surface area contributed by atoms with Gasteiger partial charge in [0.15, 0.2) is 0 Å². The molecule has 0 fully saturated rings. The van der Waals surface area contributed by atoms with Crippen molar-refractivity contribution in [2.45, 2.75) is 19.5 Å². The van der Waals surface area contributed by atoms with Crippen molar-refractivity contribution in [3.63, 3.8) is 0 Å². The van der Waals surface area contributed by atoms with Gasteiger partial charge in [-0.1, -0.05) is 36.4 Å². The molecule has 1 aromatic heterocycles. The number of benzene rings is 1. The maximum atomic E-state index is 3.51. The molecule has 1 nitrogen and oxygen atoms in total. The summed E-state index contributed by atoms with van der Waals surface area (Å²) in [4.78, 5) is 1.39. The van der Waals surface area contributed by atoms with Crippen molar-refractivity contribution in [1.82, 2.24) is 5.32 Å². The first-order valence-corrected chi connectivity index (χ1v) is 6.05. The maximum absolute atomic E-state index is 3.51. The summed E-state index contributed by atoms with van der Waals surface area (Å²) in [5, 5.41) is 5.63. The summed E-state index contributed by atoms with van der Waals surface area (Å²) in [6.45, 7) is 3.15. The van der Waals surface area contributed by atoms with E-state index in [1.807, 2.05) is 0 Å². The van der Waals surface area contributed by atoms with E-state index in [2.05, 4.69) is 60.1 Å². The van der Waals surface area contributed by atoms with Gasteiger partial charge in [-0.15, -0.1) is 11.3 Å². The Morgan fingerprint density at radius 3 is 2.60 bits per heavy atom. The second-order valence-corrected chi connectivity index (χ2v) is 4.62. The van der Waals surface area contributed by atoms with Gasteiger partial charge in [0, 0.05) is 17.5 Å². The Bertz CT molecular complexity index is 380. The number of hydrogen-bond donors (Lipinski definition) is 1. The zero-order chi connectivity index (χ0) is 10.5. The van der Waals surface area contributed by atoms with Crippen LogP contribution in [0.1, 0.15) is 23.4 Å². The highest BCUT2D eigenvalue weighted by molar-refractivity contribution is 7.09. The first-order chi connectivity index (χ1) is 7.36. The average Bonchev–Trinajstić information content (AvgIpc) is 2.80. The predicted molar refractivity (Wildman–Crippen MR) is 66.0 cm³/mol. The molecule has 0 amide bonds. The fourth-order valence-electron chi connectivity index (χ4n) is 1.53. The smallest absolute Gasteiger partial charge is 0.0305 e. The summed E-state index contributed by atoms with van der Waals surface area (Å²) in [6.07, 6.45) is 0. The van der Waals surface area contributed by atoms with Gasteiger partial charge >= 0.3 is 0 Å². The Balaban J connectivity index is 1.90. The third kappa shape index (κ3) is 2.91. The minimum Gasteiger partial charge on any atom is -0.305 e. The van der Waals surface area contributed by atoms with E-state index in [1.54, 1.807) is 11.3 Å². The number of rotatable bonds is 4. The summed E-state index contributed by atoms with van der Waals surface area (Å²) >= 11 is 1.80. The van der Waals surface area contributed by atoms with Crippen molar-refractivity contribution >= 4 is 11.3 Å². The van der Waals surface area contributed by atoms with Crippen LogP contribution in [0.4, 0.5) is 0 Å². The summed E-state index contributed by atoms with van der Waals surface area (Å²) in [7, 11) is 0. The third-order valence-corrected chi connectivity index (χ3v) is 3.34. The van der Waals surface area contributed by atoms with Crippen LogP contribution >= 0.6 is 11.3 Å². The molecule has 0 bridgehead atoms. The molecule has 0 radical (unpaired) electrons. The van der Waals surface area contributed by atoms with Gasteiger partial charge in [-0.25, -0.2) is 0 Å². The first-order valence-electron chi connectivity index (χ1n) is 5.17. The van der Waals surface area contributed by atoms with Crippen LogP contribution in [0.15, 0.2) is 47.8 Å². The minimum absolute atomic E-state index is 0.410. The quantitative estimate of drug-likeness (QED) is 0.825. The van der Waals surface area contributed by atoms with Gasteiger partial charge in [0.2, 0.25) is 0 Å². The highest BCUT2D eigenvalue weighted by Crippen LogP contribution is 2.14. The van der Waals surface area contributed by atoms with E-state index in [0.717, 1.165) is 6.54 Å². The van der Waals surface area contributed by atoms with Crippen LogP contribution < -0.4 is 5.32 Å². The Kier molecular flexibility index (Phi) is 3.54. The molecule has 0 aliphatic carbocycles. The number of hydrogen-bond acceptors (Lipinski definition) is 2. The molecule has 1 atom stereocenters. The topological polar surface area (TPSA) is 12.0 Å². The van der Waals surface area contributed by atoms with Crippen LogP contribution in [-0.4, -0.2) is 0 Å². The van der Waals surface area contributed by atoms with Crippen molar-refractivity contribution in [3.05, 3.63) is 58.3 Å². The molecule has 0 aliphatic rings. The van der Waals surface area contributed by atoms with E-state index in [-0.39, 0.29) is 0 Å². The van der Waals surface area contributed by atoms with Crippen molar-refractivity contribution in [2.75, 3.05) is 0 Å². The van der Waals surface area contributed by atoms with Gasteiger partial charge in [-0.3, -0.25) is 0 Å². The van der Waals surface area contributed by atoms with Crippen LogP contribution in [0.5, 0.6) is 0 Å². The zero-order valence-corrected chi connectivity index (χ0v) is 9.63.